The lowest BCUT2D eigenvalue weighted by Crippen LogP contribution is -2.07. The van der Waals surface area contributed by atoms with Crippen LogP contribution in [0.2, 0.25) is 0 Å². The number of rotatable bonds is 7. The Morgan fingerprint density at radius 2 is 2.23 bits per heavy atom. The van der Waals surface area contributed by atoms with Crippen molar-refractivity contribution in [1.29, 1.82) is 0 Å². The van der Waals surface area contributed by atoms with Crippen molar-refractivity contribution in [3.8, 4) is 0 Å². The molecule has 0 aliphatic rings. The zero-order valence-corrected chi connectivity index (χ0v) is 9.39. The SMILES string of the molecule is CNCC/C=C(/C)C(C)CCOC. The van der Waals surface area contributed by atoms with Gasteiger partial charge in [0.05, 0.1) is 0 Å². The minimum atomic E-state index is 0.650. The quantitative estimate of drug-likeness (QED) is 0.485. The van der Waals surface area contributed by atoms with Gasteiger partial charge in [-0.15, -0.1) is 0 Å². The van der Waals surface area contributed by atoms with Crippen LogP contribution >= 0.6 is 0 Å². The minimum absolute atomic E-state index is 0.650. The van der Waals surface area contributed by atoms with Crippen molar-refractivity contribution in [1.82, 2.24) is 5.32 Å². The van der Waals surface area contributed by atoms with Crippen LogP contribution < -0.4 is 5.32 Å². The van der Waals surface area contributed by atoms with Crippen molar-refractivity contribution in [2.24, 2.45) is 5.92 Å². The first-order valence-corrected chi connectivity index (χ1v) is 5.02. The second-order valence-corrected chi connectivity index (χ2v) is 3.52. The predicted molar refractivity (Wildman–Crippen MR) is 58.0 cm³/mol. The zero-order valence-electron chi connectivity index (χ0n) is 9.39. The maximum atomic E-state index is 5.05. The fourth-order valence-corrected chi connectivity index (χ4v) is 1.17. The molecule has 0 radical (unpaired) electrons. The van der Waals surface area contributed by atoms with Gasteiger partial charge in [0.2, 0.25) is 0 Å². The molecule has 2 nitrogen and oxygen atoms in total. The summed E-state index contributed by atoms with van der Waals surface area (Å²) in [6.45, 7) is 6.38. The highest BCUT2D eigenvalue weighted by Crippen LogP contribution is 2.14. The highest BCUT2D eigenvalue weighted by atomic mass is 16.5. The molecule has 1 N–H and O–H groups in total. The van der Waals surface area contributed by atoms with Gasteiger partial charge in [0, 0.05) is 13.7 Å². The molecule has 0 aliphatic carbocycles. The van der Waals surface area contributed by atoms with Crippen molar-refractivity contribution < 1.29 is 4.74 Å². The molecule has 0 fully saturated rings. The van der Waals surface area contributed by atoms with E-state index in [4.69, 9.17) is 4.74 Å². The second kappa shape index (κ2) is 8.27. The molecule has 2 heteroatoms. The van der Waals surface area contributed by atoms with Gasteiger partial charge in [-0.05, 0) is 39.3 Å². The molecule has 13 heavy (non-hydrogen) atoms. The lowest BCUT2D eigenvalue weighted by molar-refractivity contribution is 0.185. The maximum Gasteiger partial charge on any atom is 0.0467 e. The third-order valence-electron chi connectivity index (χ3n) is 2.39. The van der Waals surface area contributed by atoms with E-state index in [1.165, 1.54) is 5.57 Å². The van der Waals surface area contributed by atoms with Gasteiger partial charge < -0.3 is 10.1 Å². The first-order valence-electron chi connectivity index (χ1n) is 5.02. The molecule has 0 aromatic rings. The van der Waals surface area contributed by atoms with Crippen LogP contribution in [0, 0.1) is 5.92 Å². The highest BCUT2D eigenvalue weighted by molar-refractivity contribution is 5.02. The van der Waals surface area contributed by atoms with Gasteiger partial charge in [-0.3, -0.25) is 0 Å². The number of ether oxygens (including phenoxy) is 1. The van der Waals surface area contributed by atoms with E-state index >= 15 is 0 Å². The van der Waals surface area contributed by atoms with Crippen molar-refractivity contribution in [2.45, 2.75) is 26.7 Å². The average Bonchev–Trinajstić information content (AvgIpc) is 2.14. The summed E-state index contributed by atoms with van der Waals surface area (Å²) < 4.78 is 5.05. The summed E-state index contributed by atoms with van der Waals surface area (Å²) in [6.07, 6.45) is 4.56. The number of allylic oxidation sites excluding steroid dienone is 1. The Bertz CT molecular complexity index is 143. The third kappa shape index (κ3) is 6.79. The summed E-state index contributed by atoms with van der Waals surface area (Å²) in [5, 5.41) is 3.14. The molecule has 0 bridgehead atoms. The van der Waals surface area contributed by atoms with Crippen LogP contribution in [0.25, 0.3) is 0 Å². The van der Waals surface area contributed by atoms with Crippen molar-refractivity contribution >= 4 is 0 Å². The number of methoxy groups -OCH3 is 1. The molecule has 0 rings (SSSR count). The molecule has 0 saturated carbocycles. The number of hydrogen-bond donors (Lipinski definition) is 1. The standard InChI is InChI=1S/C11H23NO/c1-10(6-5-8-12-3)11(2)7-9-13-4/h6,11-12H,5,7-9H2,1-4H3/b10-6-. The summed E-state index contributed by atoms with van der Waals surface area (Å²) in [4.78, 5) is 0. The minimum Gasteiger partial charge on any atom is -0.385 e. The van der Waals surface area contributed by atoms with Crippen molar-refractivity contribution in [3.63, 3.8) is 0 Å². The smallest absolute Gasteiger partial charge is 0.0467 e. The summed E-state index contributed by atoms with van der Waals surface area (Å²) in [5.74, 6) is 0.650. The van der Waals surface area contributed by atoms with E-state index in [9.17, 15) is 0 Å². The van der Waals surface area contributed by atoms with Crippen LogP contribution in [0.3, 0.4) is 0 Å². The fraction of sp³-hybridized carbons (Fsp3) is 0.818. The monoisotopic (exact) mass is 185 g/mol. The van der Waals surface area contributed by atoms with Gasteiger partial charge in [0.25, 0.3) is 0 Å². The molecule has 0 spiro atoms. The molecule has 0 aliphatic heterocycles. The van der Waals surface area contributed by atoms with E-state index in [2.05, 4.69) is 25.2 Å². The van der Waals surface area contributed by atoms with Gasteiger partial charge in [0.15, 0.2) is 0 Å². The van der Waals surface area contributed by atoms with Crippen LogP contribution in [-0.4, -0.2) is 27.3 Å². The Hall–Kier alpha value is -0.340. The van der Waals surface area contributed by atoms with Crippen LogP contribution in [0.15, 0.2) is 11.6 Å². The average molecular weight is 185 g/mol. The lowest BCUT2D eigenvalue weighted by atomic mass is 9.98. The second-order valence-electron chi connectivity index (χ2n) is 3.52. The third-order valence-corrected chi connectivity index (χ3v) is 2.39. The van der Waals surface area contributed by atoms with E-state index in [0.29, 0.717) is 5.92 Å². The van der Waals surface area contributed by atoms with Gasteiger partial charge in [-0.25, -0.2) is 0 Å². The fourth-order valence-electron chi connectivity index (χ4n) is 1.17. The normalized spacial score (nSPS) is 14.6. The molecule has 0 aromatic heterocycles. The van der Waals surface area contributed by atoms with Crippen molar-refractivity contribution in [3.05, 3.63) is 11.6 Å². The molecule has 1 atom stereocenters. The van der Waals surface area contributed by atoms with E-state index in [0.717, 1.165) is 26.0 Å². The molecule has 0 amide bonds. The Kier molecular flexibility index (Phi) is 8.05. The summed E-state index contributed by atoms with van der Waals surface area (Å²) in [5.41, 5.74) is 1.48. The van der Waals surface area contributed by atoms with Gasteiger partial charge >= 0.3 is 0 Å². The Labute approximate surface area is 82.4 Å². The van der Waals surface area contributed by atoms with E-state index < -0.39 is 0 Å². The van der Waals surface area contributed by atoms with Crippen LogP contribution in [0.4, 0.5) is 0 Å². The van der Waals surface area contributed by atoms with E-state index in [1.54, 1.807) is 7.11 Å². The van der Waals surface area contributed by atoms with Gasteiger partial charge in [-0.2, -0.15) is 0 Å². The molecule has 0 saturated heterocycles. The topological polar surface area (TPSA) is 21.3 Å². The van der Waals surface area contributed by atoms with Crippen LogP contribution in [0.1, 0.15) is 26.7 Å². The van der Waals surface area contributed by atoms with Gasteiger partial charge in [0.1, 0.15) is 0 Å². The molecule has 1 unspecified atom stereocenters. The summed E-state index contributed by atoms with van der Waals surface area (Å²) in [7, 11) is 3.74. The van der Waals surface area contributed by atoms with E-state index in [1.807, 2.05) is 7.05 Å². The Balaban J connectivity index is 3.65. The molecular weight excluding hydrogens is 162 g/mol. The maximum absolute atomic E-state index is 5.05. The Morgan fingerprint density at radius 1 is 1.54 bits per heavy atom. The number of nitrogens with one attached hydrogen (secondary N) is 1. The zero-order chi connectivity index (χ0) is 10.1. The molecular formula is C11H23NO. The first kappa shape index (κ1) is 12.7. The molecule has 0 heterocycles. The number of hydrogen-bond acceptors (Lipinski definition) is 2. The Morgan fingerprint density at radius 3 is 2.77 bits per heavy atom. The summed E-state index contributed by atoms with van der Waals surface area (Å²) in [6, 6.07) is 0. The highest BCUT2D eigenvalue weighted by Gasteiger charge is 2.02. The molecule has 78 valence electrons. The van der Waals surface area contributed by atoms with Gasteiger partial charge in [-0.1, -0.05) is 18.6 Å². The van der Waals surface area contributed by atoms with Crippen molar-refractivity contribution in [2.75, 3.05) is 27.3 Å². The summed E-state index contributed by atoms with van der Waals surface area (Å²) >= 11 is 0. The molecule has 0 aromatic carbocycles. The largest absolute Gasteiger partial charge is 0.385 e. The van der Waals surface area contributed by atoms with Crippen LogP contribution in [0.5, 0.6) is 0 Å². The first-order chi connectivity index (χ1) is 6.22. The predicted octanol–water partition coefficient (Wildman–Crippen LogP) is 2.21. The van der Waals surface area contributed by atoms with Crippen LogP contribution in [-0.2, 0) is 4.74 Å². The lowest BCUT2D eigenvalue weighted by Gasteiger charge is -2.11. The van der Waals surface area contributed by atoms with E-state index in [-0.39, 0.29) is 0 Å².